The van der Waals surface area contributed by atoms with Crippen LogP contribution in [-0.2, 0) is 88.8 Å². The second kappa shape index (κ2) is 44.5. The lowest BCUT2D eigenvalue weighted by Crippen LogP contribution is -2.19. The van der Waals surface area contributed by atoms with Crippen LogP contribution in [0.4, 0.5) is 22.0 Å². The molecule has 0 spiro atoms. The highest BCUT2D eigenvalue weighted by Gasteiger charge is 2.31. The van der Waals surface area contributed by atoms with Crippen molar-refractivity contribution in [1.82, 2.24) is 59.3 Å². The van der Waals surface area contributed by atoms with Crippen molar-refractivity contribution >= 4 is 105 Å². The molecule has 0 aliphatic heterocycles. The Bertz CT molecular complexity index is 8770. The number of benzene rings is 15. The lowest BCUT2D eigenvalue weighted by atomic mass is 10.0. The molecular formula is C109H95F5N12O15S5. The molecule has 0 fully saturated rings. The Morgan fingerprint density at radius 2 is 0.575 bits per heavy atom. The molecule has 15 aromatic carbocycles. The van der Waals surface area contributed by atoms with Crippen molar-refractivity contribution in [2.45, 2.75) is 83.5 Å². The van der Waals surface area contributed by atoms with E-state index in [4.69, 9.17) is 23.7 Å². The Kier molecular flexibility index (Phi) is 31.3. The van der Waals surface area contributed by atoms with Crippen LogP contribution in [0.1, 0.15) is 60.0 Å². The van der Waals surface area contributed by atoms with E-state index in [2.05, 4.69) is 85.3 Å². The summed E-state index contributed by atoms with van der Waals surface area (Å²) in [6.07, 6.45) is -0.840. The highest BCUT2D eigenvalue weighted by molar-refractivity contribution is 7.91. The summed E-state index contributed by atoms with van der Waals surface area (Å²) in [6.45, 7) is 5.15. The number of rotatable bonds is 28. The van der Waals surface area contributed by atoms with Crippen LogP contribution in [0.3, 0.4) is 0 Å². The first-order chi connectivity index (χ1) is 69.9. The number of imidazole rings is 5. The zero-order valence-corrected chi connectivity index (χ0v) is 83.3. The predicted octanol–water partition coefficient (Wildman–Crippen LogP) is 22.5. The summed E-state index contributed by atoms with van der Waals surface area (Å²) in [4.78, 5) is 39.6. The van der Waals surface area contributed by atoms with Crippen LogP contribution in [0.5, 0.6) is 28.7 Å². The number of sulfonamides is 2. The van der Waals surface area contributed by atoms with Crippen LogP contribution in [0, 0.1) is 11.6 Å². The standard InChI is InChI=1S/C24H25N3O3S.C22H18F3N3O3S.2C21H17FN2O3S.C21H18N2O3S/c1-16(2)17-8-11-19(12-9-17)30-15-24-26-21-13-10-18(14-22(21)27-24)20-6-4-5-7-23(20)31(28,29)25-3;1-26-32(29,30)20-8-3-2-7-17(20)14-9-10-18-19(11-14)28-21(27-18)13-31-16-6-4-5-15(12-16)22(23,24)25;1-28(25,26)20-9-5-2-6-15(20)14-10-11-17-18(12-14)24-21(23-17)13-27-19-8-4-3-7-16(19)22;1-28(25,26)20-8-3-2-7-17(20)14-9-10-18-19(11-14)24-21(23-18)13-27-16-6-4-5-15(22)12-16;1-27(24,25)20-10-6-5-9-17(20)15-11-12-18-19(13-15)23-21(22-18)14-26-16-7-3-2-4-8-16/h4-14,16,25H,15H2,1-3H3,(H,26,27);2-12,26H,13H2,1H3,(H,27,28);2*2-12H,13H2,1H3,(H,23,24);2-13H,14H2,1H3,(H,22,23). The molecule has 20 aromatic rings. The van der Waals surface area contributed by atoms with Gasteiger partial charge in [-0.3, -0.25) is 0 Å². The Morgan fingerprint density at radius 1 is 0.295 bits per heavy atom. The average Bonchev–Trinajstić information content (AvgIpc) is 1.54. The maximum absolute atomic E-state index is 13.7. The van der Waals surface area contributed by atoms with Crippen LogP contribution in [-0.4, -0.2) is 125 Å². The van der Waals surface area contributed by atoms with Crippen LogP contribution in [0.15, 0.2) is 364 Å². The number of sulfone groups is 3. The maximum Gasteiger partial charge on any atom is 0.416 e. The number of H-pyrrole nitrogens is 5. The number of aromatic amines is 5. The summed E-state index contributed by atoms with van der Waals surface area (Å²) in [6, 6.07) is 96.3. The third kappa shape index (κ3) is 25.6. The van der Waals surface area contributed by atoms with Crippen molar-refractivity contribution < 1.29 is 87.7 Å². The van der Waals surface area contributed by atoms with E-state index in [1.54, 1.807) is 146 Å². The Hall–Kier alpha value is -16.0. The Morgan fingerprint density at radius 3 is 0.897 bits per heavy atom. The predicted molar refractivity (Wildman–Crippen MR) is 552 cm³/mol. The summed E-state index contributed by atoms with van der Waals surface area (Å²) >= 11 is 0. The fraction of sp³-hybridized carbons (Fsp3) is 0.128. The van der Waals surface area contributed by atoms with E-state index < -0.39 is 67.1 Å². The number of aromatic nitrogens is 10. The smallest absolute Gasteiger partial charge is 0.416 e. The second-order valence-corrected chi connectivity index (χ2v) is 43.3. The summed E-state index contributed by atoms with van der Waals surface area (Å²) in [5.41, 5.74) is 14.9. The molecule has 0 amide bonds. The summed E-state index contributed by atoms with van der Waals surface area (Å²) in [5.74, 6) is 4.88. The Labute approximate surface area is 838 Å². The molecule has 146 heavy (non-hydrogen) atoms. The number of fused-ring (bicyclic) bond motifs is 5. The van der Waals surface area contributed by atoms with Crippen molar-refractivity contribution in [3.05, 3.63) is 392 Å². The van der Waals surface area contributed by atoms with Crippen LogP contribution < -0.4 is 33.1 Å². The lowest BCUT2D eigenvalue weighted by Gasteiger charge is -2.09. The van der Waals surface area contributed by atoms with Crippen LogP contribution >= 0.6 is 0 Å². The molecule has 7 N–H and O–H groups in total. The molecule has 5 heterocycles. The van der Waals surface area contributed by atoms with Gasteiger partial charge in [0.1, 0.15) is 91.0 Å². The number of para-hydroxylation sites is 2. The molecule has 0 aliphatic rings. The summed E-state index contributed by atoms with van der Waals surface area (Å²) in [7, 11) is -14.5. The first kappa shape index (κ1) is 103. The highest BCUT2D eigenvalue weighted by Crippen LogP contribution is 2.38. The molecule has 20 rings (SSSR count). The van der Waals surface area contributed by atoms with Gasteiger partial charge in [0.2, 0.25) is 20.0 Å². The van der Waals surface area contributed by atoms with Gasteiger partial charge in [-0.2, -0.15) is 13.2 Å². The van der Waals surface area contributed by atoms with Crippen molar-refractivity contribution in [3.8, 4) is 84.4 Å². The third-order valence-electron chi connectivity index (χ3n) is 22.9. The molecule has 0 aliphatic carbocycles. The molecular weight excluding hydrogens is 1970 g/mol. The monoisotopic (exact) mass is 2070 g/mol. The zero-order valence-electron chi connectivity index (χ0n) is 79.2. The normalized spacial score (nSPS) is 11.8. The number of hydrogen-bond donors (Lipinski definition) is 7. The van der Waals surface area contributed by atoms with Crippen molar-refractivity contribution in [2.24, 2.45) is 0 Å². The van der Waals surface area contributed by atoms with Gasteiger partial charge in [0, 0.05) is 52.7 Å². The van der Waals surface area contributed by atoms with E-state index in [0.717, 1.165) is 84.5 Å². The number of nitrogens with one attached hydrogen (secondary N) is 7. The van der Waals surface area contributed by atoms with E-state index in [1.165, 1.54) is 74.8 Å². The quantitative estimate of drug-likeness (QED) is 0.0224. The molecule has 746 valence electrons. The zero-order chi connectivity index (χ0) is 103. The summed E-state index contributed by atoms with van der Waals surface area (Å²) in [5, 5.41) is 0. The molecule has 0 saturated heterocycles. The minimum absolute atomic E-state index is 0.0595. The molecule has 0 radical (unpaired) electrons. The molecule has 0 atom stereocenters. The van der Waals surface area contributed by atoms with Crippen molar-refractivity contribution in [2.75, 3.05) is 32.9 Å². The second-order valence-electron chi connectivity index (χ2n) is 33.7. The maximum atomic E-state index is 13.7. The Balaban J connectivity index is 0.000000131. The average molecular weight is 2070 g/mol. The van der Waals surface area contributed by atoms with Gasteiger partial charge in [0.05, 0.1) is 85.2 Å². The van der Waals surface area contributed by atoms with Gasteiger partial charge in [-0.05, 0) is 211 Å². The fourth-order valence-corrected chi connectivity index (χ4v) is 20.4. The van der Waals surface area contributed by atoms with Gasteiger partial charge in [-0.25, -0.2) is 85.2 Å². The fourth-order valence-electron chi connectivity index (χ4n) is 15.8. The van der Waals surface area contributed by atoms with E-state index in [0.29, 0.717) is 109 Å². The molecule has 0 unspecified atom stereocenters. The molecule has 0 bridgehead atoms. The third-order valence-corrected chi connectivity index (χ3v) is 29.3. The van der Waals surface area contributed by atoms with Gasteiger partial charge < -0.3 is 48.6 Å². The number of hydrogen-bond acceptors (Lipinski definition) is 20. The van der Waals surface area contributed by atoms with Crippen molar-refractivity contribution in [1.29, 1.82) is 0 Å². The van der Waals surface area contributed by atoms with Gasteiger partial charge in [-0.15, -0.1) is 0 Å². The van der Waals surface area contributed by atoms with Crippen LogP contribution in [0.25, 0.3) is 111 Å². The molecule has 27 nitrogen and oxygen atoms in total. The molecule has 37 heteroatoms. The van der Waals surface area contributed by atoms with Gasteiger partial charge in [-0.1, -0.05) is 190 Å². The first-order valence-corrected chi connectivity index (χ1v) is 53.8. The largest absolute Gasteiger partial charge is 0.486 e. The van der Waals surface area contributed by atoms with Gasteiger partial charge in [0.25, 0.3) is 0 Å². The number of halogens is 5. The molecule has 0 saturated carbocycles. The lowest BCUT2D eigenvalue weighted by molar-refractivity contribution is -0.137. The van der Waals surface area contributed by atoms with E-state index in [9.17, 15) is 64.0 Å². The van der Waals surface area contributed by atoms with Gasteiger partial charge >= 0.3 is 6.18 Å². The molecule has 5 aromatic heterocycles. The SMILES string of the molecule is CNS(=O)(=O)c1ccccc1-c1ccc2nc(COc3ccc(C(C)C)cc3)[nH]c2c1.CNS(=O)(=O)c1ccccc1-c1ccc2nc(COc3cccc(C(F)(F)F)c3)[nH]c2c1.CS(=O)(=O)c1ccccc1-c1ccc2nc(COc3cccc(F)c3)[nH]c2c1.CS(=O)(=O)c1ccccc1-c1ccc2nc(COc3ccccc3)[nH]c2c1.CS(=O)(=O)c1ccccc1-c1ccc2nc(COc3ccccc3F)[nH]c2c1. The summed E-state index contributed by atoms with van der Waals surface area (Å²) < 4.78 is 220. The number of ether oxygens (including phenoxy) is 5. The number of nitrogens with zero attached hydrogens (tertiary/aromatic N) is 5. The van der Waals surface area contributed by atoms with E-state index >= 15 is 0 Å². The van der Waals surface area contributed by atoms with Crippen molar-refractivity contribution in [3.63, 3.8) is 0 Å². The topological polar surface area (TPSA) is 384 Å². The van der Waals surface area contributed by atoms with Crippen LogP contribution in [0.2, 0.25) is 0 Å². The van der Waals surface area contributed by atoms with E-state index in [-0.39, 0.29) is 56.7 Å². The van der Waals surface area contributed by atoms with Gasteiger partial charge in [0.15, 0.2) is 41.1 Å². The highest BCUT2D eigenvalue weighted by atomic mass is 32.2. The van der Waals surface area contributed by atoms with E-state index in [1.807, 2.05) is 133 Å². The number of alkyl halides is 3. The minimum atomic E-state index is -4.45. The first-order valence-electron chi connectivity index (χ1n) is 45.2. The minimum Gasteiger partial charge on any atom is -0.486 e.